The molecule has 0 aliphatic carbocycles. The SMILES string of the molecule is COCCC(CCC(CCOC)C(=O)N1CCC[C@@H]1C(=O)O)C(=O)N1CCC[C@@H]1C(=O)O. The Bertz CT molecular complexity index is 614. The van der Waals surface area contributed by atoms with Crippen molar-refractivity contribution in [2.45, 2.75) is 63.5 Å². The number of hydrogen-bond acceptors (Lipinski definition) is 6. The predicted octanol–water partition coefficient (Wildman–Crippen LogP) is 1.22. The normalized spacial score (nSPS) is 22.7. The van der Waals surface area contributed by atoms with Crippen LogP contribution in [0.1, 0.15) is 51.4 Å². The van der Waals surface area contributed by atoms with E-state index < -0.39 is 35.9 Å². The summed E-state index contributed by atoms with van der Waals surface area (Å²) >= 11 is 0. The molecule has 2 amide bonds. The molecule has 2 unspecified atom stereocenters. The molecule has 2 heterocycles. The number of amides is 2. The summed E-state index contributed by atoms with van der Waals surface area (Å²) in [6.07, 6.45) is 3.86. The maximum absolute atomic E-state index is 13.2. The maximum atomic E-state index is 13.2. The Hall–Kier alpha value is -2.20. The molecule has 0 radical (unpaired) electrons. The van der Waals surface area contributed by atoms with Crippen molar-refractivity contribution in [3.63, 3.8) is 0 Å². The monoisotopic (exact) mass is 456 g/mol. The van der Waals surface area contributed by atoms with E-state index in [9.17, 15) is 29.4 Å². The standard InChI is InChI=1S/C22H36N2O8/c1-31-13-9-15(19(25)23-11-3-5-17(23)21(27)28)7-8-16(10-14-32-2)20(26)24-12-4-6-18(24)22(29)30/h15-18H,3-14H2,1-2H3,(H,27,28)(H,29,30)/t15?,16?,17-,18-/m1/s1. The van der Waals surface area contributed by atoms with Crippen molar-refractivity contribution in [3.8, 4) is 0 Å². The number of hydrogen-bond donors (Lipinski definition) is 2. The average molecular weight is 457 g/mol. The molecule has 0 saturated carbocycles. The molecule has 10 heteroatoms. The Balaban J connectivity index is 2.10. The molecule has 2 rings (SSSR count). The summed E-state index contributed by atoms with van der Waals surface area (Å²) in [5.74, 6) is -3.33. The largest absolute Gasteiger partial charge is 0.480 e. The molecule has 2 aliphatic heterocycles. The summed E-state index contributed by atoms with van der Waals surface area (Å²) in [5.41, 5.74) is 0. The number of rotatable bonds is 13. The number of carbonyl (C=O) groups is 4. The first-order chi connectivity index (χ1) is 15.3. The van der Waals surface area contributed by atoms with Gasteiger partial charge in [0.15, 0.2) is 0 Å². The smallest absolute Gasteiger partial charge is 0.326 e. The highest BCUT2D eigenvalue weighted by Crippen LogP contribution is 2.28. The van der Waals surface area contributed by atoms with Crippen LogP contribution >= 0.6 is 0 Å². The van der Waals surface area contributed by atoms with E-state index in [4.69, 9.17) is 9.47 Å². The second-order valence-electron chi connectivity index (χ2n) is 8.59. The van der Waals surface area contributed by atoms with E-state index >= 15 is 0 Å². The molecule has 0 aromatic rings. The Morgan fingerprint density at radius 2 is 1.12 bits per heavy atom. The van der Waals surface area contributed by atoms with E-state index in [0.717, 1.165) is 0 Å². The number of nitrogens with zero attached hydrogens (tertiary/aromatic N) is 2. The van der Waals surface area contributed by atoms with Gasteiger partial charge >= 0.3 is 11.9 Å². The third-order valence-electron chi connectivity index (χ3n) is 6.54. The number of ether oxygens (including phenoxy) is 2. The van der Waals surface area contributed by atoms with E-state index in [0.29, 0.717) is 77.7 Å². The Kier molecular flexibility index (Phi) is 10.4. The highest BCUT2D eigenvalue weighted by atomic mass is 16.5. The fraction of sp³-hybridized carbons (Fsp3) is 0.818. The van der Waals surface area contributed by atoms with Crippen molar-refractivity contribution in [2.75, 3.05) is 40.5 Å². The van der Waals surface area contributed by atoms with Gasteiger partial charge in [-0.25, -0.2) is 9.59 Å². The number of aliphatic carboxylic acids is 2. The van der Waals surface area contributed by atoms with Crippen LogP contribution < -0.4 is 0 Å². The number of methoxy groups -OCH3 is 2. The molecule has 0 aromatic heterocycles. The van der Waals surface area contributed by atoms with Crippen LogP contribution in [0.2, 0.25) is 0 Å². The fourth-order valence-electron chi connectivity index (χ4n) is 4.75. The van der Waals surface area contributed by atoms with Crippen molar-refractivity contribution >= 4 is 23.8 Å². The zero-order chi connectivity index (χ0) is 23.7. The summed E-state index contributed by atoms with van der Waals surface area (Å²) in [6.45, 7) is 1.54. The van der Waals surface area contributed by atoms with Gasteiger partial charge < -0.3 is 29.5 Å². The molecule has 182 valence electrons. The molecule has 2 saturated heterocycles. The van der Waals surface area contributed by atoms with E-state index in [2.05, 4.69) is 0 Å². The van der Waals surface area contributed by atoms with Crippen LogP contribution in [0.3, 0.4) is 0 Å². The number of carboxylic acids is 2. The summed E-state index contributed by atoms with van der Waals surface area (Å²) in [7, 11) is 3.09. The van der Waals surface area contributed by atoms with Crippen molar-refractivity contribution in [1.29, 1.82) is 0 Å². The first-order valence-electron chi connectivity index (χ1n) is 11.4. The van der Waals surface area contributed by atoms with E-state index in [1.807, 2.05) is 0 Å². The molecule has 0 spiro atoms. The van der Waals surface area contributed by atoms with Crippen LogP contribution in [0.15, 0.2) is 0 Å². The molecule has 2 N–H and O–H groups in total. The van der Waals surface area contributed by atoms with Crippen LogP contribution in [0.4, 0.5) is 0 Å². The number of likely N-dealkylation sites (tertiary alicyclic amines) is 2. The molecule has 0 bridgehead atoms. The summed E-state index contributed by atoms with van der Waals surface area (Å²) < 4.78 is 10.3. The minimum Gasteiger partial charge on any atom is -0.480 e. The third-order valence-corrected chi connectivity index (χ3v) is 6.54. The molecule has 32 heavy (non-hydrogen) atoms. The maximum Gasteiger partial charge on any atom is 0.326 e. The van der Waals surface area contributed by atoms with Crippen LogP contribution in [-0.4, -0.2) is 96.4 Å². The van der Waals surface area contributed by atoms with Gasteiger partial charge in [0, 0.05) is 52.4 Å². The summed E-state index contributed by atoms with van der Waals surface area (Å²) in [5, 5.41) is 18.9. The number of carbonyl (C=O) groups excluding carboxylic acids is 2. The van der Waals surface area contributed by atoms with Gasteiger partial charge in [0.1, 0.15) is 12.1 Å². The molecular formula is C22H36N2O8. The lowest BCUT2D eigenvalue weighted by Crippen LogP contribution is -2.45. The first kappa shape index (κ1) is 26.1. The molecule has 2 aliphatic rings. The minimum absolute atomic E-state index is 0.213. The third kappa shape index (κ3) is 6.65. The lowest BCUT2D eigenvalue weighted by atomic mass is 9.89. The van der Waals surface area contributed by atoms with Gasteiger partial charge in [-0.15, -0.1) is 0 Å². The van der Waals surface area contributed by atoms with Gasteiger partial charge in [0.25, 0.3) is 0 Å². The molecule has 4 atom stereocenters. The van der Waals surface area contributed by atoms with Crippen molar-refractivity contribution in [2.24, 2.45) is 11.8 Å². The molecule has 10 nitrogen and oxygen atoms in total. The molecule has 2 fully saturated rings. The zero-order valence-electron chi connectivity index (χ0n) is 19.0. The zero-order valence-corrected chi connectivity index (χ0v) is 19.0. The van der Waals surface area contributed by atoms with Gasteiger partial charge in [-0.3, -0.25) is 9.59 Å². The van der Waals surface area contributed by atoms with E-state index in [1.165, 1.54) is 9.80 Å². The Labute approximate surface area is 188 Å². The van der Waals surface area contributed by atoms with Crippen LogP contribution in [-0.2, 0) is 28.7 Å². The highest BCUT2D eigenvalue weighted by molar-refractivity contribution is 5.87. The summed E-state index contributed by atoms with van der Waals surface area (Å²) in [6, 6.07) is -1.61. The average Bonchev–Trinajstić information content (AvgIpc) is 3.44. The van der Waals surface area contributed by atoms with Crippen molar-refractivity contribution < 1.29 is 38.9 Å². The topological polar surface area (TPSA) is 134 Å². The molecular weight excluding hydrogens is 420 g/mol. The second-order valence-corrected chi connectivity index (χ2v) is 8.59. The first-order valence-corrected chi connectivity index (χ1v) is 11.4. The van der Waals surface area contributed by atoms with Crippen LogP contribution in [0.5, 0.6) is 0 Å². The van der Waals surface area contributed by atoms with Gasteiger partial charge in [0.05, 0.1) is 0 Å². The predicted molar refractivity (Wildman–Crippen MR) is 114 cm³/mol. The van der Waals surface area contributed by atoms with Gasteiger partial charge in [-0.05, 0) is 51.4 Å². The van der Waals surface area contributed by atoms with Crippen molar-refractivity contribution in [1.82, 2.24) is 9.80 Å². The molecule has 0 aromatic carbocycles. The fourth-order valence-corrected chi connectivity index (χ4v) is 4.75. The quantitative estimate of drug-likeness (QED) is 0.423. The second kappa shape index (κ2) is 12.7. The number of carboxylic acid groups (broad SMARTS) is 2. The van der Waals surface area contributed by atoms with Crippen molar-refractivity contribution in [3.05, 3.63) is 0 Å². The minimum atomic E-state index is -0.997. The Morgan fingerprint density at radius 3 is 1.44 bits per heavy atom. The van der Waals surface area contributed by atoms with E-state index in [1.54, 1.807) is 14.2 Å². The Morgan fingerprint density at radius 1 is 0.750 bits per heavy atom. The van der Waals surface area contributed by atoms with Gasteiger partial charge in [-0.1, -0.05) is 0 Å². The van der Waals surface area contributed by atoms with E-state index in [-0.39, 0.29) is 11.8 Å². The highest BCUT2D eigenvalue weighted by Gasteiger charge is 2.39. The van der Waals surface area contributed by atoms with Crippen LogP contribution in [0, 0.1) is 11.8 Å². The van der Waals surface area contributed by atoms with Gasteiger partial charge in [0.2, 0.25) is 11.8 Å². The lowest BCUT2D eigenvalue weighted by molar-refractivity contribution is -0.151. The lowest BCUT2D eigenvalue weighted by Gasteiger charge is -2.29. The van der Waals surface area contributed by atoms with Crippen LogP contribution in [0.25, 0.3) is 0 Å². The summed E-state index contributed by atoms with van der Waals surface area (Å²) in [4.78, 5) is 52.3. The van der Waals surface area contributed by atoms with Gasteiger partial charge in [-0.2, -0.15) is 0 Å².